The summed E-state index contributed by atoms with van der Waals surface area (Å²) in [5.41, 5.74) is 0. The molecule has 3 aliphatic rings. The maximum absolute atomic E-state index is 12.3. The normalized spacial score (nSPS) is 27.8. The standard InChI is InChI=1S/C17H31N3O/c1-14-3-9-19(10-4-14)17(21)11-15-12-20(13-15)16-5-7-18(2)8-6-16/h14-16H,3-13H2,1-2H3. The Bertz CT molecular complexity index is 351. The lowest BCUT2D eigenvalue weighted by Crippen LogP contribution is -2.56. The number of piperidine rings is 2. The molecule has 3 aliphatic heterocycles. The van der Waals surface area contributed by atoms with Crippen molar-refractivity contribution in [3.8, 4) is 0 Å². The van der Waals surface area contributed by atoms with E-state index in [1.165, 1.54) is 38.8 Å². The molecule has 21 heavy (non-hydrogen) atoms. The largest absolute Gasteiger partial charge is 0.343 e. The van der Waals surface area contributed by atoms with Crippen LogP contribution in [-0.2, 0) is 4.79 Å². The molecule has 4 heteroatoms. The van der Waals surface area contributed by atoms with Gasteiger partial charge in [0.15, 0.2) is 0 Å². The van der Waals surface area contributed by atoms with E-state index >= 15 is 0 Å². The van der Waals surface area contributed by atoms with Crippen molar-refractivity contribution < 1.29 is 4.79 Å². The van der Waals surface area contributed by atoms with Gasteiger partial charge in [0.2, 0.25) is 5.91 Å². The van der Waals surface area contributed by atoms with Crippen molar-refractivity contribution in [3.63, 3.8) is 0 Å². The monoisotopic (exact) mass is 293 g/mol. The highest BCUT2D eigenvalue weighted by molar-refractivity contribution is 5.76. The van der Waals surface area contributed by atoms with Crippen molar-refractivity contribution in [2.45, 2.75) is 45.1 Å². The van der Waals surface area contributed by atoms with Crippen molar-refractivity contribution in [1.82, 2.24) is 14.7 Å². The predicted molar refractivity (Wildman–Crippen MR) is 85.2 cm³/mol. The van der Waals surface area contributed by atoms with E-state index in [1.54, 1.807) is 0 Å². The molecule has 0 aliphatic carbocycles. The fraction of sp³-hybridized carbons (Fsp3) is 0.941. The van der Waals surface area contributed by atoms with Crippen LogP contribution in [0, 0.1) is 11.8 Å². The van der Waals surface area contributed by atoms with Gasteiger partial charge in [-0.3, -0.25) is 9.69 Å². The van der Waals surface area contributed by atoms with Crippen LogP contribution in [-0.4, -0.2) is 73.0 Å². The summed E-state index contributed by atoms with van der Waals surface area (Å²) in [6.45, 7) is 9.06. The fourth-order valence-electron chi connectivity index (χ4n) is 4.03. The first kappa shape index (κ1) is 15.3. The molecule has 0 aromatic carbocycles. The molecule has 0 aromatic heterocycles. The van der Waals surface area contributed by atoms with Crippen molar-refractivity contribution in [3.05, 3.63) is 0 Å². The smallest absolute Gasteiger partial charge is 0.222 e. The van der Waals surface area contributed by atoms with E-state index in [0.717, 1.165) is 44.6 Å². The number of hydrogen-bond acceptors (Lipinski definition) is 3. The van der Waals surface area contributed by atoms with Gasteiger partial charge in [-0.25, -0.2) is 0 Å². The molecule has 3 fully saturated rings. The molecule has 0 radical (unpaired) electrons. The van der Waals surface area contributed by atoms with Crippen LogP contribution in [0.3, 0.4) is 0 Å². The highest BCUT2D eigenvalue weighted by Crippen LogP contribution is 2.27. The minimum absolute atomic E-state index is 0.412. The van der Waals surface area contributed by atoms with Crippen LogP contribution in [0.5, 0.6) is 0 Å². The third-order valence-electron chi connectivity index (χ3n) is 5.79. The Kier molecular flexibility index (Phi) is 4.85. The summed E-state index contributed by atoms with van der Waals surface area (Å²) >= 11 is 0. The molecule has 0 aromatic rings. The summed E-state index contributed by atoms with van der Waals surface area (Å²) in [6.07, 6.45) is 5.79. The van der Waals surface area contributed by atoms with Gasteiger partial charge in [-0.05, 0) is 57.7 Å². The summed E-state index contributed by atoms with van der Waals surface area (Å²) in [6, 6.07) is 0.781. The van der Waals surface area contributed by atoms with Crippen LogP contribution in [0.25, 0.3) is 0 Å². The molecule has 120 valence electrons. The van der Waals surface area contributed by atoms with E-state index in [4.69, 9.17) is 0 Å². The molecule has 3 heterocycles. The van der Waals surface area contributed by atoms with Gasteiger partial charge in [-0.2, -0.15) is 0 Å². The van der Waals surface area contributed by atoms with Crippen molar-refractivity contribution in [1.29, 1.82) is 0 Å². The molecular formula is C17H31N3O. The second-order valence-electron chi connectivity index (χ2n) is 7.62. The summed E-state index contributed by atoms with van der Waals surface area (Å²) in [4.78, 5) is 19.5. The van der Waals surface area contributed by atoms with E-state index in [2.05, 4.69) is 28.7 Å². The molecule has 0 N–H and O–H groups in total. The molecule has 4 nitrogen and oxygen atoms in total. The van der Waals surface area contributed by atoms with Gasteiger partial charge in [0.05, 0.1) is 0 Å². The molecular weight excluding hydrogens is 262 g/mol. The van der Waals surface area contributed by atoms with Gasteiger partial charge in [0.1, 0.15) is 0 Å². The Morgan fingerprint density at radius 3 is 2.24 bits per heavy atom. The molecule has 3 saturated heterocycles. The van der Waals surface area contributed by atoms with Crippen LogP contribution in [0.15, 0.2) is 0 Å². The van der Waals surface area contributed by atoms with Crippen LogP contribution >= 0.6 is 0 Å². The minimum atomic E-state index is 0.412. The third kappa shape index (κ3) is 3.78. The SMILES string of the molecule is CC1CCN(C(=O)CC2CN(C3CCN(C)CC3)C2)CC1. The molecule has 0 unspecified atom stereocenters. The number of carbonyl (C=O) groups is 1. The molecule has 1 amide bonds. The minimum Gasteiger partial charge on any atom is -0.343 e. The zero-order chi connectivity index (χ0) is 14.8. The third-order valence-corrected chi connectivity index (χ3v) is 5.79. The summed E-state index contributed by atoms with van der Waals surface area (Å²) in [5.74, 6) is 1.84. The first-order chi connectivity index (χ1) is 10.1. The summed E-state index contributed by atoms with van der Waals surface area (Å²) in [5, 5.41) is 0. The lowest BCUT2D eigenvalue weighted by atomic mass is 9.90. The van der Waals surface area contributed by atoms with Crippen LogP contribution < -0.4 is 0 Å². The van der Waals surface area contributed by atoms with E-state index < -0.39 is 0 Å². The molecule has 0 bridgehead atoms. The van der Waals surface area contributed by atoms with Crippen molar-refractivity contribution in [2.75, 3.05) is 46.3 Å². The predicted octanol–water partition coefficient (Wildman–Crippen LogP) is 1.66. The highest BCUT2D eigenvalue weighted by atomic mass is 16.2. The second-order valence-corrected chi connectivity index (χ2v) is 7.62. The van der Waals surface area contributed by atoms with Crippen LogP contribution in [0.2, 0.25) is 0 Å². The maximum Gasteiger partial charge on any atom is 0.222 e. The van der Waals surface area contributed by atoms with Crippen molar-refractivity contribution >= 4 is 5.91 Å². The Morgan fingerprint density at radius 2 is 1.62 bits per heavy atom. The van der Waals surface area contributed by atoms with Gasteiger partial charge in [-0.1, -0.05) is 6.92 Å². The molecule has 3 rings (SSSR count). The molecule has 0 spiro atoms. The van der Waals surface area contributed by atoms with Gasteiger partial charge in [-0.15, -0.1) is 0 Å². The first-order valence-corrected chi connectivity index (χ1v) is 8.82. The van der Waals surface area contributed by atoms with Crippen LogP contribution in [0.1, 0.15) is 39.0 Å². The average molecular weight is 293 g/mol. The van der Waals surface area contributed by atoms with E-state index in [9.17, 15) is 4.79 Å². The molecule has 0 atom stereocenters. The van der Waals surface area contributed by atoms with Gasteiger partial charge in [0, 0.05) is 38.6 Å². The summed E-state index contributed by atoms with van der Waals surface area (Å²) < 4.78 is 0. The number of likely N-dealkylation sites (tertiary alicyclic amines) is 3. The van der Waals surface area contributed by atoms with E-state index in [0.29, 0.717) is 11.8 Å². The van der Waals surface area contributed by atoms with Gasteiger partial charge >= 0.3 is 0 Å². The number of rotatable bonds is 3. The first-order valence-electron chi connectivity index (χ1n) is 8.82. The lowest BCUT2D eigenvalue weighted by molar-refractivity contribution is -0.135. The quantitative estimate of drug-likeness (QED) is 0.792. The summed E-state index contributed by atoms with van der Waals surface area (Å²) in [7, 11) is 2.22. The lowest BCUT2D eigenvalue weighted by Gasteiger charge is -2.47. The van der Waals surface area contributed by atoms with Crippen LogP contribution in [0.4, 0.5) is 0 Å². The zero-order valence-electron chi connectivity index (χ0n) is 13.8. The maximum atomic E-state index is 12.3. The van der Waals surface area contributed by atoms with Gasteiger partial charge in [0.25, 0.3) is 0 Å². The number of nitrogens with zero attached hydrogens (tertiary/aromatic N) is 3. The number of hydrogen-bond donors (Lipinski definition) is 0. The second kappa shape index (κ2) is 6.66. The Balaban J connectivity index is 1.36. The number of carbonyl (C=O) groups excluding carboxylic acids is 1. The van der Waals surface area contributed by atoms with Crippen molar-refractivity contribution in [2.24, 2.45) is 11.8 Å². The number of amides is 1. The highest BCUT2D eigenvalue weighted by Gasteiger charge is 2.35. The van der Waals surface area contributed by atoms with E-state index in [1.807, 2.05) is 0 Å². The average Bonchev–Trinajstić information content (AvgIpc) is 2.44. The topological polar surface area (TPSA) is 26.8 Å². The Hall–Kier alpha value is -0.610. The Labute approximate surface area is 129 Å². The van der Waals surface area contributed by atoms with Gasteiger partial charge < -0.3 is 9.80 Å². The Morgan fingerprint density at radius 1 is 1.00 bits per heavy atom. The van der Waals surface area contributed by atoms with E-state index in [-0.39, 0.29) is 0 Å². The molecule has 0 saturated carbocycles. The fourth-order valence-corrected chi connectivity index (χ4v) is 4.03. The zero-order valence-corrected chi connectivity index (χ0v) is 13.8.